The van der Waals surface area contributed by atoms with Crippen molar-refractivity contribution in [1.29, 1.82) is 0 Å². The van der Waals surface area contributed by atoms with Gasteiger partial charge < -0.3 is 4.74 Å². The first-order chi connectivity index (χ1) is 11.1. The van der Waals surface area contributed by atoms with E-state index in [0.29, 0.717) is 0 Å². The second-order valence-corrected chi connectivity index (χ2v) is 6.30. The van der Waals surface area contributed by atoms with Gasteiger partial charge in [-0.15, -0.1) is 0 Å². The summed E-state index contributed by atoms with van der Waals surface area (Å²) >= 11 is 0. The van der Waals surface area contributed by atoms with Gasteiger partial charge in [0.15, 0.2) is 0 Å². The Morgan fingerprint density at radius 2 is 1.91 bits per heavy atom. The molecule has 0 amide bonds. The Kier molecular flexibility index (Phi) is 3.98. The van der Waals surface area contributed by atoms with Crippen LogP contribution in [0.3, 0.4) is 0 Å². The second kappa shape index (κ2) is 6.09. The lowest BCUT2D eigenvalue weighted by molar-refractivity contribution is 0.400. The zero-order valence-corrected chi connectivity index (χ0v) is 13.1. The van der Waals surface area contributed by atoms with Gasteiger partial charge in [-0.1, -0.05) is 18.2 Å². The molecule has 118 valence electrons. The van der Waals surface area contributed by atoms with Crippen molar-refractivity contribution in [2.75, 3.05) is 11.8 Å². The van der Waals surface area contributed by atoms with Crippen LogP contribution in [0, 0.1) is 0 Å². The number of nitrogens with zero attached hydrogens (tertiary/aromatic N) is 3. The molecular formula is C15H14N4O3S. The van der Waals surface area contributed by atoms with Crippen LogP contribution in [0.1, 0.15) is 0 Å². The number of aromatic nitrogens is 3. The molecule has 1 N–H and O–H groups in total. The van der Waals surface area contributed by atoms with Gasteiger partial charge in [0.1, 0.15) is 10.6 Å². The molecule has 0 radical (unpaired) electrons. The summed E-state index contributed by atoms with van der Waals surface area (Å²) < 4.78 is 33.9. The summed E-state index contributed by atoms with van der Waals surface area (Å²) in [4.78, 5) is 4.01. The number of hydrogen-bond donors (Lipinski definition) is 1. The van der Waals surface area contributed by atoms with E-state index >= 15 is 0 Å². The predicted molar refractivity (Wildman–Crippen MR) is 85.2 cm³/mol. The Bertz CT molecular complexity index is 907. The van der Waals surface area contributed by atoms with E-state index in [9.17, 15) is 8.42 Å². The van der Waals surface area contributed by atoms with Crippen molar-refractivity contribution in [3.8, 4) is 11.6 Å². The van der Waals surface area contributed by atoms with Gasteiger partial charge in [0.05, 0.1) is 25.2 Å². The zero-order chi connectivity index (χ0) is 16.3. The average molecular weight is 330 g/mol. The van der Waals surface area contributed by atoms with E-state index < -0.39 is 10.0 Å². The van der Waals surface area contributed by atoms with Crippen LogP contribution in [-0.2, 0) is 10.0 Å². The van der Waals surface area contributed by atoms with Crippen molar-refractivity contribution in [2.45, 2.75) is 4.90 Å². The molecule has 0 unspecified atom stereocenters. The summed E-state index contributed by atoms with van der Waals surface area (Å²) in [6.07, 6.45) is 4.25. The summed E-state index contributed by atoms with van der Waals surface area (Å²) in [6.45, 7) is 0. The number of anilines is 1. The molecule has 7 nitrogen and oxygen atoms in total. The number of hydrogen-bond acceptors (Lipinski definition) is 5. The van der Waals surface area contributed by atoms with Crippen molar-refractivity contribution in [1.82, 2.24) is 14.8 Å². The quantitative estimate of drug-likeness (QED) is 0.774. The maximum Gasteiger partial charge on any atom is 0.265 e. The zero-order valence-electron chi connectivity index (χ0n) is 12.2. The Balaban J connectivity index is 1.90. The molecule has 3 rings (SSSR count). The highest BCUT2D eigenvalue weighted by molar-refractivity contribution is 7.92. The summed E-state index contributed by atoms with van der Waals surface area (Å²) in [5.41, 5.74) is 1.04. The Labute approximate surface area is 133 Å². The Morgan fingerprint density at radius 1 is 1.13 bits per heavy atom. The molecule has 2 heterocycles. The van der Waals surface area contributed by atoms with Gasteiger partial charge >= 0.3 is 0 Å². The molecule has 0 saturated heterocycles. The van der Waals surface area contributed by atoms with Crippen LogP contribution in [0.25, 0.3) is 5.69 Å². The third-order valence-electron chi connectivity index (χ3n) is 3.10. The van der Waals surface area contributed by atoms with Crippen LogP contribution in [0.15, 0.2) is 66.0 Å². The van der Waals surface area contributed by atoms with E-state index in [1.807, 2.05) is 30.3 Å². The molecule has 0 aliphatic heterocycles. The van der Waals surface area contributed by atoms with Crippen LogP contribution in [0.4, 0.5) is 5.69 Å². The first-order valence-electron chi connectivity index (χ1n) is 6.72. The van der Waals surface area contributed by atoms with Gasteiger partial charge in [-0.3, -0.25) is 4.72 Å². The SMILES string of the molecule is COc1ncccc1NS(=O)(=O)c1cnn(-c2ccccc2)c1. The lowest BCUT2D eigenvalue weighted by Crippen LogP contribution is -2.13. The lowest BCUT2D eigenvalue weighted by atomic mass is 10.3. The van der Waals surface area contributed by atoms with Crippen molar-refractivity contribution < 1.29 is 13.2 Å². The van der Waals surface area contributed by atoms with Crippen LogP contribution < -0.4 is 9.46 Å². The molecule has 1 aromatic carbocycles. The number of methoxy groups -OCH3 is 1. The summed E-state index contributed by atoms with van der Waals surface area (Å²) in [6, 6.07) is 12.4. The van der Waals surface area contributed by atoms with E-state index in [2.05, 4.69) is 14.8 Å². The molecule has 0 fully saturated rings. The molecule has 2 aromatic heterocycles. The van der Waals surface area contributed by atoms with Crippen molar-refractivity contribution in [3.63, 3.8) is 0 Å². The van der Waals surface area contributed by atoms with E-state index in [1.54, 1.807) is 12.1 Å². The molecule has 0 saturated carbocycles. The highest BCUT2D eigenvalue weighted by atomic mass is 32.2. The maximum absolute atomic E-state index is 12.5. The Morgan fingerprint density at radius 3 is 2.65 bits per heavy atom. The predicted octanol–water partition coefficient (Wildman–Crippen LogP) is 2.08. The molecule has 0 aliphatic carbocycles. The highest BCUT2D eigenvalue weighted by Gasteiger charge is 2.19. The molecule has 0 aliphatic rings. The van der Waals surface area contributed by atoms with Gasteiger partial charge in [-0.2, -0.15) is 5.10 Å². The van der Waals surface area contributed by atoms with Gasteiger partial charge in [-0.25, -0.2) is 18.1 Å². The number of para-hydroxylation sites is 1. The maximum atomic E-state index is 12.5. The number of rotatable bonds is 5. The fourth-order valence-electron chi connectivity index (χ4n) is 2.00. The largest absolute Gasteiger partial charge is 0.480 e. The van der Waals surface area contributed by atoms with Crippen LogP contribution in [0.2, 0.25) is 0 Å². The van der Waals surface area contributed by atoms with E-state index in [4.69, 9.17) is 4.74 Å². The molecule has 23 heavy (non-hydrogen) atoms. The van der Waals surface area contributed by atoms with Gasteiger partial charge in [0.2, 0.25) is 5.88 Å². The smallest absolute Gasteiger partial charge is 0.265 e. The van der Waals surface area contributed by atoms with Crippen molar-refractivity contribution in [2.24, 2.45) is 0 Å². The van der Waals surface area contributed by atoms with Crippen molar-refractivity contribution in [3.05, 3.63) is 61.1 Å². The first kappa shape index (κ1) is 15.0. The molecule has 8 heteroatoms. The van der Waals surface area contributed by atoms with Crippen LogP contribution >= 0.6 is 0 Å². The van der Waals surface area contributed by atoms with Gasteiger partial charge in [-0.05, 0) is 24.3 Å². The number of sulfonamides is 1. The first-order valence-corrected chi connectivity index (χ1v) is 8.20. The highest BCUT2D eigenvalue weighted by Crippen LogP contribution is 2.23. The van der Waals surface area contributed by atoms with Crippen LogP contribution in [0.5, 0.6) is 5.88 Å². The number of nitrogens with one attached hydrogen (secondary N) is 1. The molecular weight excluding hydrogens is 316 g/mol. The minimum atomic E-state index is -3.79. The van der Waals surface area contributed by atoms with Gasteiger partial charge in [0.25, 0.3) is 10.0 Å². The number of pyridine rings is 1. The van der Waals surface area contributed by atoms with Crippen LogP contribution in [-0.4, -0.2) is 30.3 Å². The number of ether oxygens (including phenoxy) is 1. The molecule has 0 spiro atoms. The fraction of sp³-hybridized carbons (Fsp3) is 0.0667. The molecule has 0 bridgehead atoms. The summed E-state index contributed by atoms with van der Waals surface area (Å²) in [5.74, 6) is 0.200. The lowest BCUT2D eigenvalue weighted by Gasteiger charge is -2.09. The minimum absolute atomic E-state index is 0.0484. The van der Waals surface area contributed by atoms with Crippen molar-refractivity contribution >= 4 is 15.7 Å². The standard InChI is InChI=1S/C15H14N4O3S/c1-22-15-14(8-5-9-16-15)18-23(20,21)13-10-17-19(11-13)12-6-3-2-4-7-12/h2-11,18H,1H3. The summed E-state index contributed by atoms with van der Waals surface area (Å²) in [5, 5.41) is 4.09. The third-order valence-corrected chi connectivity index (χ3v) is 4.42. The third kappa shape index (κ3) is 3.16. The average Bonchev–Trinajstić information content (AvgIpc) is 3.07. The van der Waals surface area contributed by atoms with E-state index in [0.717, 1.165) is 5.69 Å². The topological polar surface area (TPSA) is 86.1 Å². The van der Waals surface area contributed by atoms with E-state index in [1.165, 1.54) is 30.4 Å². The monoisotopic (exact) mass is 330 g/mol. The fourth-order valence-corrected chi connectivity index (χ4v) is 2.99. The molecule has 3 aromatic rings. The number of benzene rings is 1. The Hall–Kier alpha value is -2.87. The second-order valence-electron chi connectivity index (χ2n) is 4.62. The summed E-state index contributed by atoms with van der Waals surface area (Å²) in [7, 11) is -2.36. The van der Waals surface area contributed by atoms with Gasteiger partial charge in [0, 0.05) is 6.20 Å². The minimum Gasteiger partial charge on any atom is -0.480 e. The van der Waals surface area contributed by atoms with E-state index in [-0.39, 0.29) is 16.5 Å². The molecule has 0 atom stereocenters. The normalized spacial score (nSPS) is 11.2.